The quantitative estimate of drug-likeness (QED) is 0.679. The molecule has 0 saturated carbocycles. The third kappa shape index (κ3) is 4.21. The standard InChI is InChI=1S/C16H18N2O3/c1-11-6-7-14(12(2)9-11)21-10-16(19)18-17-13(3)15-5-4-8-20-15/h4-9H,10H2,1-3H3,(H,18,19)/b17-13+. The van der Waals surface area contributed by atoms with Crippen molar-refractivity contribution in [3.63, 3.8) is 0 Å². The van der Waals surface area contributed by atoms with Gasteiger partial charge in [0, 0.05) is 0 Å². The highest BCUT2D eigenvalue weighted by Crippen LogP contribution is 2.18. The number of hydrogen-bond donors (Lipinski definition) is 1. The van der Waals surface area contributed by atoms with Crippen LogP contribution in [0, 0.1) is 13.8 Å². The lowest BCUT2D eigenvalue weighted by Gasteiger charge is -2.08. The molecule has 0 aliphatic heterocycles. The number of benzene rings is 1. The highest BCUT2D eigenvalue weighted by atomic mass is 16.5. The molecule has 1 aromatic carbocycles. The van der Waals surface area contributed by atoms with Crippen LogP contribution in [-0.2, 0) is 4.79 Å². The zero-order valence-electron chi connectivity index (χ0n) is 12.3. The van der Waals surface area contributed by atoms with E-state index in [1.807, 2.05) is 32.0 Å². The van der Waals surface area contributed by atoms with Gasteiger partial charge < -0.3 is 9.15 Å². The average molecular weight is 286 g/mol. The van der Waals surface area contributed by atoms with Gasteiger partial charge in [0.15, 0.2) is 6.61 Å². The minimum Gasteiger partial charge on any atom is -0.483 e. The Hall–Kier alpha value is -2.56. The van der Waals surface area contributed by atoms with Gasteiger partial charge >= 0.3 is 0 Å². The van der Waals surface area contributed by atoms with Crippen molar-refractivity contribution < 1.29 is 13.9 Å². The molecule has 0 atom stereocenters. The lowest BCUT2D eigenvalue weighted by atomic mass is 10.1. The number of carbonyl (C=O) groups is 1. The Morgan fingerprint density at radius 1 is 1.33 bits per heavy atom. The number of nitrogens with zero attached hydrogens (tertiary/aromatic N) is 1. The molecule has 0 bridgehead atoms. The fraction of sp³-hybridized carbons (Fsp3) is 0.250. The number of furan rings is 1. The highest BCUT2D eigenvalue weighted by molar-refractivity contribution is 5.96. The van der Waals surface area contributed by atoms with Crippen molar-refractivity contribution in [1.82, 2.24) is 5.43 Å². The van der Waals surface area contributed by atoms with Crippen molar-refractivity contribution in [2.24, 2.45) is 5.10 Å². The molecule has 0 aliphatic rings. The van der Waals surface area contributed by atoms with E-state index >= 15 is 0 Å². The fourth-order valence-corrected chi connectivity index (χ4v) is 1.82. The lowest BCUT2D eigenvalue weighted by Crippen LogP contribution is -2.25. The predicted molar refractivity (Wildman–Crippen MR) is 80.5 cm³/mol. The maximum absolute atomic E-state index is 11.7. The van der Waals surface area contributed by atoms with Gasteiger partial charge in [-0.15, -0.1) is 0 Å². The van der Waals surface area contributed by atoms with Crippen molar-refractivity contribution in [3.8, 4) is 5.75 Å². The summed E-state index contributed by atoms with van der Waals surface area (Å²) in [4.78, 5) is 11.7. The summed E-state index contributed by atoms with van der Waals surface area (Å²) in [6.45, 7) is 5.62. The summed E-state index contributed by atoms with van der Waals surface area (Å²) >= 11 is 0. The molecule has 0 aliphatic carbocycles. The number of nitrogens with one attached hydrogen (secondary N) is 1. The molecule has 1 amide bonds. The second kappa shape index (κ2) is 6.74. The predicted octanol–water partition coefficient (Wildman–Crippen LogP) is 2.82. The van der Waals surface area contributed by atoms with Gasteiger partial charge in [0.25, 0.3) is 5.91 Å². The van der Waals surface area contributed by atoms with Crippen LogP contribution in [0.25, 0.3) is 0 Å². The summed E-state index contributed by atoms with van der Waals surface area (Å²) in [6.07, 6.45) is 1.56. The number of carbonyl (C=O) groups excluding carboxylic acids is 1. The molecule has 1 heterocycles. The average Bonchev–Trinajstić information content (AvgIpc) is 2.98. The molecule has 5 nitrogen and oxygen atoms in total. The van der Waals surface area contributed by atoms with Crippen molar-refractivity contribution in [3.05, 3.63) is 53.5 Å². The Morgan fingerprint density at radius 3 is 2.81 bits per heavy atom. The first-order valence-electron chi connectivity index (χ1n) is 6.63. The number of hydrazone groups is 1. The molecule has 1 N–H and O–H groups in total. The van der Waals surface area contributed by atoms with Crippen LogP contribution in [-0.4, -0.2) is 18.2 Å². The van der Waals surface area contributed by atoms with Gasteiger partial charge in [0.05, 0.1) is 6.26 Å². The highest BCUT2D eigenvalue weighted by Gasteiger charge is 2.05. The molecular formula is C16H18N2O3. The first-order chi connectivity index (χ1) is 10.1. The Morgan fingerprint density at radius 2 is 2.14 bits per heavy atom. The maximum atomic E-state index is 11.7. The smallest absolute Gasteiger partial charge is 0.277 e. The van der Waals surface area contributed by atoms with Crippen LogP contribution < -0.4 is 10.2 Å². The van der Waals surface area contributed by atoms with E-state index in [1.54, 1.807) is 25.3 Å². The summed E-state index contributed by atoms with van der Waals surface area (Å²) < 4.78 is 10.6. The van der Waals surface area contributed by atoms with E-state index in [-0.39, 0.29) is 12.5 Å². The number of rotatable bonds is 5. The zero-order chi connectivity index (χ0) is 15.2. The SMILES string of the molecule is C/C(=N\NC(=O)COc1ccc(C)cc1C)c1ccco1. The summed E-state index contributed by atoms with van der Waals surface area (Å²) in [6, 6.07) is 9.35. The summed E-state index contributed by atoms with van der Waals surface area (Å²) in [7, 11) is 0. The Balaban J connectivity index is 1.86. The van der Waals surface area contributed by atoms with E-state index in [0.29, 0.717) is 17.2 Å². The Labute approximate surface area is 123 Å². The third-order valence-corrected chi connectivity index (χ3v) is 2.92. The van der Waals surface area contributed by atoms with Gasteiger partial charge in [-0.05, 0) is 44.5 Å². The Kier molecular flexibility index (Phi) is 4.77. The second-order valence-corrected chi connectivity index (χ2v) is 4.77. The van der Waals surface area contributed by atoms with Crippen LogP contribution in [0.2, 0.25) is 0 Å². The first-order valence-corrected chi connectivity index (χ1v) is 6.63. The summed E-state index contributed by atoms with van der Waals surface area (Å²) in [5.74, 6) is 0.994. The van der Waals surface area contributed by atoms with E-state index in [0.717, 1.165) is 11.1 Å². The minimum atomic E-state index is -0.319. The van der Waals surface area contributed by atoms with Gasteiger partial charge in [-0.2, -0.15) is 5.10 Å². The minimum absolute atomic E-state index is 0.0845. The van der Waals surface area contributed by atoms with E-state index in [1.165, 1.54) is 0 Å². The van der Waals surface area contributed by atoms with E-state index in [2.05, 4.69) is 10.5 Å². The van der Waals surface area contributed by atoms with Crippen molar-refractivity contribution in [1.29, 1.82) is 0 Å². The van der Waals surface area contributed by atoms with Crippen LogP contribution in [0.5, 0.6) is 5.75 Å². The van der Waals surface area contributed by atoms with E-state index in [4.69, 9.17) is 9.15 Å². The molecule has 0 spiro atoms. The zero-order valence-corrected chi connectivity index (χ0v) is 12.3. The molecule has 110 valence electrons. The van der Waals surface area contributed by atoms with Gasteiger partial charge in [-0.3, -0.25) is 4.79 Å². The topological polar surface area (TPSA) is 63.8 Å². The molecule has 0 fully saturated rings. The number of aryl methyl sites for hydroxylation is 2. The normalized spacial score (nSPS) is 11.3. The molecule has 1 aromatic heterocycles. The summed E-state index contributed by atoms with van der Waals surface area (Å²) in [5, 5.41) is 3.96. The fourth-order valence-electron chi connectivity index (χ4n) is 1.82. The number of amides is 1. The first kappa shape index (κ1) is 14.8. The van der Waals surface area contributed by atoms with E-state index < -0.39 is 0 Å². The van der Waals surface area contributed by atoms with Crippen LogP contribution in [0.3, 0.4) is 0 Å². The van der Waals surface area contributed by atoms with Crippen LogP contribution in [0.1, 0.15) is 23.8 Å². The molecular weight excluding hydrogens is 268 g/mol. The second-order valence-electron chi connectivity index (χ2n) is 4.77. The van der Waals surface area contributed by atoms with Gasteiger partial charge in [0.2, 0.25) is 0 Å². The van der Waals surface area contributed by atoms with Crippen molar-refractivity contribution in [2.45, 2.75) is 20.8 Å². The number of ether oxygens (including phenoxy) is 1. The Bertz CT molecular complexity index is 646. The molecule has 0 saturated heterocycles. The molecule has 5 heteroatoms. The van der Waals surface area contributed by atoms with Crippen LogP contribution in [0.4, 0.5) is 0 Å². The van der Waals surface area contributed by atoms with Crippen LogP contribution in [0.15, 0.2) is 46.1 Å². The molecule has 2 aromatic rings. The van der Waals surface area contributed by atoms with Gasteiger partial charge in [-0.1, -0.05) is 17.7 Å². The van der Waals surface area contributed by atoms with Crippen LogP contribution >= 0.6 is 0 Å². The number of hydrogen-bond acceptors (Lipinski definition) is 4. The lowest BCUT2D eigenvalue weighted by molar-refractivity contribution is -0.123. The van der Waals surface area contributed by atoms with Gasteiger partial charge in [0.1, 0.15) is 17.2 Å². The third-order valence-electron chi connectivity index (χ3n) is 2.92. The van der Waals surface area contributed by atoms with Crippen molar-refractivity contribution >= 4 is 11.6 Å². The molecule has 0 unspecified atom stereocenters. The summed E-state index contributed by atoms with van der Waals surface area (Å²) in [5.41, 5.74) is 5.19. The molecule has 0 radical (unpaired) electrons. The molecule has 2 rings (SSSR count). The van der Waals surface area contributed by atoms with E-state index in [9.17, 15) is 4.79 Å². The van der Waals surface area contributed by atoms with Gasteiger partial charge in [-0.25, -0.2) is 5.43 Å². The molecule has 21 heavy (non-hydrogen) atoms. The largest absolute Gasteiger partial charge is 0.483 e. The maximum Gasteiger partial charge on any atom is 0.277 e. The van der Waals surface area contributed by atoms with Crippen molar-refractivity contribution in [2.75, 3.05) is 6.61 Å². The monoisotopic (exact) mass is 286 g/mol.